The van der Waals surface area contributed by atoms with Gasteiger partial charge in [0.1, 0.15) is 12.4 Å². The first kappa shape index (κ1) is 17.7. The number of methoxy groups -OCH3 is 2. The van der Waals surface area contributed by atoms with Gasteiger partial charge in [-0.25, -0.2) is 14.3 Å². The zero-order valence-electron chi connectivity index (χ0n) is 14.8. The Labute approximate surface area is 150 Å². The van der Waals surface area contributed by atoms with Crippen molar-refractivity contribution in [2.75, 3.05) is 32.5 Å². The summed E-state index contributed by atoms with van der Waals surface area (Å²) < 4.78 is 16.8. The van der Waals surface area contributed by atoms with Crippen LogP contribution in [0.15, 0.2) is 47.8 Å². The van der Waals surface area contributed by atoms with E-state index in [1.54, 1.807) is 9.58 Å². The molecule has 0 unspecified atom stereocenters. The molecule has 0 spiro atoms. The molecule has 8 heteroatoms. The highest BCUT2D eigenvalue weighted by molar-refractivity contribution is 6.03. The van der Waals surface area contributed by atoms with E-state index in [0.29, 0.717) is 5.69 Å². The third kappa shape index (κ3) is 3.31. The zero-order chi connectivity index (χ0) is 18.7. The van der Waals surface area contributed by atoms with E-state index in [-0.39, 0.29) is 24.6 Å². The molecule has 0 saturated heterocycles. The van der Waals surface area contributed by atoms with Gasteiger partial charge in [-0.05, 0) is 37.3 Å². The summed E-state index contributed by atoms with van der Waals surface area (Å²) in [5.41, 5.74) is 2.71. The number of benzene rings is 1. The van der Waals surface area contributed by atoms with Crippen LogP contribution in [0, 0.1) is 6.92 Å². The van der Waals surface area contributed by atoms with Gasteiger partial charge in [0, 0.05) is 11.9 Å². The highest BCUT2D eigenvalue weighted by Gasteiger charge is 2.32. The van der Waals surface area contributed by atoms with E-state index in [2.05, 4.69) is 5.10 Å². The van der Waals surface area contributed by atoms with Crippen molar-refractivity contribution in [3.8, 4) is 5.69 Å². The number of hydrogen-bond donors (Lipinski definition) is 0. The second-order valence-electron chi connectivity index (χ2n) is 5.63. The summed E-state index contributed by atoms with van der Waals surface area (Å²) in [6.07, 6.45) is 1.86. The Hall–Kier alpha value is -3.13. The fourth-order valence-electron chi connectivity index (χ4n) is 2.69. The van der Waals surface area contributed by atoms with Crippen molar-refractivity contribution in [3.63, 3.8) is 0 Å². The lowest BCUT2D eigenvalue weighted by Crippen LogP contribution is -2.38. The number of carbonyl (C=O) groups excluding carboxylic acids is 2. The van der Waals surface area contributed by atoms with Crippen LogP contribution in [-0.4, -0.2) is 49.3 Å². The Morgan fingerprint density at radius 3 is 2.27 bits per heavy atom. The predicted octanol–water partition coefficient (Wildman–Crippen LogP) is 1.57. The van der Waals surface area contributed by atoms with Crippen molar-refractivity contribution in [2.45, 2.75) is 6.92 Å². The van der Waals surface area contributed by atoms with Gasteiger partial charge in [0.25, 0.3) is 0 Å². The first-order valence-corrected chi connectivity index (χ1v) is 7.93. The van der Waals surface area contributed by atoms with Crippen LogP contribution in [0.4, 0.5) is 5.69 Å². The third-order valence-corrected chi connectivity index (χ3v) is 3.98. The number of aryl methyl sites for hydroxylation is 1. The van der Waals surface area contributed by atoms with Gasteiger partial charge in [-0.1, -0.05) is 0 Å². The Morgan fingerprint density at radius 1 is 1.04 bits per heavy atom. The standard InChI is InChI=1S/C18H19N3O5/c1-12-8-9-21(19-12)14-6-4-13(5-7-14)20-11-26-10-15(17(22)24-2)16(20)18(23)25-3/h4-9H,10-11H2,1-3H3. The Morgan fingerprint density at radius 2 is 1.69 bits per heavy atom. The van der Waals surface area contributed by atoms with Crippen LogP contribution < -0.4 is 4.90 Å². The number of esters is 2. The zero-order valence-corrected chi connectivity index (χ0v) is 14.8. The van der Waals surface area contributed by atoms with Crippen LogP contribution in [0.5, 0.6) is 0 Å². The van der Waals surface area contributed by atoms with Gasteiger partial charge < -0.3 is 19.1 Å². The molecule has 136 valence electrons. The largest absolute Gasteiger partial charge is 0.466 e. The van der Waals surface area contributed by atoms with E-state index in [9.17, 15) is 9.59 Å². The molecule has 0 aliphatic carbocycles. The number of hydrogen-bond acceptors (Lipinski definition) is 7. The van der Waals surface area contributed by atoms with E-state index in [4.69, 9.17) is 14.2 Å². The lowest BCUT2D eigenvalue weighted by Gasteiger charge is -2.31. The fourth-order valence-corrected chi connectivity index (χ4v) is 2.69. The minimum absolute atomic E-state index is 0.0156. The molecular weight excluding hydrogens is 338 g/mol. The lowest BCUT2D eigenvalue weighted by molar-refractivity contribution is -0.140. The van der Waals surface area contributed by atoms with Gasteiger partial charge in [-0.2, -0.15) is 5.10 Å². The maximum Gasteiger partial charge on any atom is 0.355 e. The van der Waals surface area contributed by atoms with Crippen LogP contribution in [0.3, 0.4) is 0 Å². The maximum atomic E-state index is 12.3. The van der Waals surface area contributed by atoms with E-state index < -0.39 is 11.9 Å². The number of nitrogens with zero attached hydrogens (tertiary/aromatic N) is 3. The van der Waals surface area contributed by atoms with Crippen molar-refractivity contribution in [2.24, 2.45) is 0 Å². The fraction of sp³-hybridized carbons (Fsp3) is 0.278. The van der Waals surface area contributed by atoms with Gasteiger partial charge in [0.15, 0.2) is 0 Å². The maximum absolute atomic E-state index is 12.3. The van der Waals surface area contributed by atoms with Crippen LogP contribution in [0.2, 0.25) is 0 Å². The van der Waals surface area contributed by atoms with Crippen molar-refractivity contribution in [3.05, 3.63) is 53.5 Å². The number of ether oxygens (including phenoxy) is 3. The van der Waals surface area contributed by atoms with E-state index in [1.807, 2.05) is 43.5 Å². The molecule has 3 rings (SSSR count). The first-order chi connectivity index (χ1) is 12.5. The molecule has 0 bridgehead atoms. The topological polar surface area (TPSA) is 82.9 Å². The average molecular weight is 357 g/mol. The molecule has 8 nitrogen and oxygen atoms in total. The SMILES string of the molecule is COC(=O)C1=C(C(=O)OC)N(c2ccc(-n3ccc(C)n3)cc2)COC1. The summed E-state index contributed by atoms with van der Waals surface area (Å²) in [4.78, 5) is 25.9. The number of rotatable bonds is 4. The molecule has 0 fully saturated rings. The molecular formula is C18H19N3O5. The highest BCUT2D eigenvalue weighted by atomic mass is 16.5. The third-order valence-electron chi connectivity index (χ3n) is 3.98. The second kappa shape index (κ2) is 7.40. The summed E-state index contributed by atoms with van der Waals surface area (Å²) in [5, 5.41) is 4.36. The van der Waals surface area contributed by atoms with E-state index >= 15 is 0 Å². The monoisotopic (exact) mass is 357 g/mol. The van der Waals surface area contributed by atoms with Crippen molar-refractivity contribution < 1.29 is 23.8 Å². The molecule has 1 aromatic carbocycles. The summed E-state index contributed by atoms with van der Waals surface area (Å²) >= 11 is 0. The average Bonchev–Trinajstić information content (AvgIpc) is 3.12. The molecule has 1 aromatic heterocycles. The quantitative estimate of drug-likeness (QED) is 0.768. The molecule has 0 atom stereocenters. The molecule has 0 amide bonds. The molecule has 2 aromatic rings. The molecule has 1 aliphatic rings. The highest BCUT2D eigenvalue weighted by Crippen LogP contribution is 2.27. The van der Waals surface area contributed by atoms with Gasteiger partial charge in [-0.15, -0.1) is 0 Å². The number of carbonyl (C=O) groups is 2. The number of anilines is 1. The Kier molecular flexibility index (Phi) is 5.04. The van der Waals surface area contributed by atoms with Crippen LogP contribution in [0.25, 0.3) is 5.69 Å². The smallest absolute Gasteiger partial charge is 0.355 e. The summed E-state index contributed by atoms with van der Waals surface area (Å²) in [6.45, 7) is 2.01. The molecule has 1 aliphatic heterocycles. The van der Waals surface area contributed by atoms with E-state index in [1.165, 1.54) is 14.2 Å². The normalized spacial score (nSPS) is 14.3. The minimum atomic E-state index is -0.626. The van der Waals surface area contributed by atoms with Crippen LogP contribution in [0.1, 0.15) is 5.69 Å². The van der Waals surface area contributed by atoms with Gasteiger partial charge in [0.2, 0.25) is 0 Å². The molecule has 0 N–H and O–H groups in total. The lowest BCUT2D eigenvalue weighted by atomic mass is 10.1. The summed E-state index contributed by atoms with van der Waals surface area (Å²) in [6, 6.07) is 9.27. The predicted molar refractivity (Wildman–Crippen MR) is 92.7 cm³/mol. The van der Waals surface area contributed by atoms with E-state index in [0.717, 1.165) is 11.4 Å². The molecule has 26 heavy (non-hydrogen) atoms. The molecule has 0 saturated carbocycles. The summed E-state index contributed by atoms with van der Waals surface area (Å²) in [5.74, 6) is -1.25. The van der Waals surface area contributed by atoms with Crippen molar-refractivity contribution >= 4 is 17.6 Å². The first-order valence-electron chi connectivity index (χ1n) is 7.93. The van der Waals surface area contributed by atoms with Crippen molar-refractivity contribution in [1.29, 1.82) is 0 Å². The van der Waals surface area contributed by atoms with Gasteiger partial charge in [0.05, 0.1) is 37.8 Å². The molecule has 0 radical (unpaired) electrons. The molecule has 2 heterocycles. The van der Waals surface area contributed by atoms with Crippen molar-refractivity contribution in [1.82, 2.24) is 9.78 Å². The van der Waals surface area contributed by atoms with Gasteiger partial charge >= 0.3 is 11.9 Å². The van der Waals surface area contributed by atoms with Crippen LogP contribution >= 0.6 is 0 Å². The minimum Gasteiger partial charge on any atom is -0.466 e. The number of aromatic nitrogens is 2. The van der Waals surface area contributed by atoms with Crippen LogP contribution in [-0.2, 0) is 23.8 Å². The van der Waals surface area contributed by atoms with Gasteiger partial charge in [-0.3, -0.25) is 0 Å². The Bertz CT molecular complexity index is 854. The second-order valence-corrected chi connectivity index (χ2v) is 5.63. The summed E-state index contributed by atoms with van der Waals surface area (Å²) in [7, 11) is 2.52. The Balaban J connectivity index is 1.98.